The summed E-state index contributed by atoms with van der Waals surface area (Å²) in [4.78, 5) is 13.6. The first-order valence-corrected chi connectivity index (χ1v) is 6.81. The van der Waals surface area contributed by atoms with E-state index in [0.717, 1.165) is 12.2 Å². The molecule has 0 radical (unpaired) electrons. The third kappa shape index (κ3) is 5.30. The molecule has 4 nitrogen and oxygen atoms in total. The summed E-state index contributed by atoms with van der Waals surface area (Å²) in [5, 5.41) is 8.79. The van der Waals surface area contributed by atoms with Gasteiger partial charge in [-0.2, -0.15) is 0 Å². The molecule has 0 heterocycles. The van der Waals surface area contributed by atoms with Gasteiger partial charge < -0.3 is 14.7 Å². The molecule has 0 aliphatic carbocycles. The van der Waals surface area contributed by atoms with Crippen molar-refractivity contribution in [2.75, 3.05) is 26.3 Å². The van der Waals surface area contributed by atoms with Crippen molar-refractivity contribution in [3.8, 4) is 5.75 Å². The van der Waals surface area contributed by atoms with Gasteiger partial charge in [-0.3, -0.25) is 4.79 Å². The van der Waals surface area contributed by atoms with Crippen molar-refractivity contribution in [3.63, 3.8) is 0 Å². The molecule has 0 bridgehead atoms. The Morgan fingerprint density at radius 2 is 2.16 bits per heavy atom. The van der Waals surface area contributed by atoms with Crippen molar-refractivity contribution in [1.82, 2.24) is 4.90 Å². The van der Waals surface area contributed by atoms with Crippen LogP contribution in [-0.4, -0.2) is 42.2 Å². The summed E-state index contributed by atoms with van der Waals surface area (Å²) in [5.41, 5.74) is 1.19. The fourth-order valence-corrected chi connectivity index (χ4v) is 1.81. The Balaban J connectivity index is 2.47. The largest absolute Gasteiger partial charge is 0.484 e. The van der Waals surface area contributed by atoms with Crippen LogP contribution in [0.5, 0.6) is 5.75 Å². The Bertz CT molecular complexity index is 393. The first-order chi connectivity index (χ1) is 9.21. The van der Waals surface area contributed by atoms with E-state index in [4.69, 9.17) is 9.84 Å². The second-order valence-corrected chi connectivity index (χ2v) is 4.34. The van der Waals surface area contributed by atoms with E-state index < -0.39 is 0 Å². The maximum absolute atomic E-state index is 11.9. The number of nitrogens with zero attached hydrogens (tertiary/aromatic N) is 1. The van der Waals surface area contributed by atoms with Crippen LogP contribution < -0.4 is 4.74 Å². The molecule has 1 amide bonds. The van der Waals surface area contributed by atoms with E-state index in [2.05, 4.69) is 6.92 Å². The van der Waals surface area contributed by atoms with Crippen LogP contribution in [0.1, 0.15) is 25.8 Å². The minimum absolute atomic E-state index is 0.0437. The van der Waals surface area contributed by atoms with Crippen LogP contribution in [0.3, 0.4) is 0 Å². The minimum Gasteiger partial charge on any atom is -0.484 e. The van der Waals surface area contributed by atoms with Gasteiger partial charge in [0.05, 0.1) is 0 Å². The Kier molecular flexibility index (Phi) is 6.97. The van der Waals surface area contributed by atoms with Crippen LogP contribution in [0.2, 0.25) is 0 Å². The van der Waals surface area contributed by atoms with Crippen LogP contribution >= 0.6 is 0 Å². The summed E-state index contributed by atoms with van der Waals surface area (Å²) in [6.07, 6.45) is 1.55. The van der Waals surface area contributed by atoms with Crippen molar-refractivity contribution in [2.24, 2.45) is 0 Å². The fourth-order valence-electron chi connectivity index (χ4n) is 1.81. The van der Waals surface area contributed by atoms with E-state index in [-0.39, 0.29) is 19.1 Å². The molecule has 1 rings (SSSR count). The molecule has 4 heteroatoms. The third-order valence-corrected chi connectivity index (χ3v) is 2.99. The van der Waals surface area contributed by atoms with Gasteiger partial charge in [0.25, 0.3) is 5.91 Å². The van der Waals surface area contributed by atoms with Gasteiger partial charge in [-0.05, 0) is 37.5 Å². The predicted octanol–water partition coefficient (Wildman–Crippen LogP) is 1.86. The van der Waals surface area contributed by atoms with Crippen molar-refractivity contribution in [3.05, 3.63) is 29.8 Å². The van der Waals surface area contributed by atoms with Gasteiger partial charge in [0.1, 0.15) is 5.75 Å². The molecular formula is C15H23NO3. The summed E-state index contributed by atoms with van der Waals surface area (Å²) >= 11 is 0. The average molecular weight is 265 g/mol. The SMILES string of the molecule is CCc1cccc(OCC(=O)N(CC)CCCO)c1. The molecule has 0 unspecified atom stereocenters. The predicted molar refractivity (Wildman–Crippen MR) is 75.3 cm³/mol. The number of likely N-dealkylation sites (N-methyl/N-ethyl adjacent to an activating group) is 1. The molecule has 0 atom stereocenters. The van der Waals surface area contributed by atoms with Crippen LogP contribution in [0, 0.1) is 0 Å². The highest BCUT2D eigenvalue weighted by molar-refractivity contribution is 5.77. The van der Waals surface area contributed by atoms with Crippen LogP contribution in [0.25, 0.3) is 0 Å². The molecule has 0 aliphatic rings. The zero-order valence-electron chi connectivity index (χ0n) is 11.8. The normalized spacial score (nSPS) is 10.3. The van der Waals surface area contributed by atoms with Gasteiger partial charge in [-0.1, -0.05) is 19.1 Å². The Morgan fingerprint density at radius 3 is 2.79 bits per heavy atom. The van der Waals surface area contributed by atoms with E-state index >= 15 is 0 Å². The van der Waals surface area contributed by atoms with Gasteiger partial charge in [0, 0.05) is 19.7 Å². The number of aliphatic hydroxyl groups excluding tert-OH is 1. The van der Waals surface area contributed by atoms with Crippen LogP contribution in [0.4, 0.5) is 0 Å². The standard InChI is InChI=1S/C15H23NO3/c1-3-13-7-5-8-14(11-13)19-12-15(18)16(4-2)9-6-10-17/h5,7-8,11,17H,3-4,6,9-10,12H2,1-2H3. The summed E-state index contributed by atoms with van der Waals surface area (Å²) in [6.45, 7) is 5.36. The lowest BCUT2D eigenvalue weighted by Gasteiger charge is -2.20. The van der Waals surface area contributed by atoms with Gasteiger partial charge in [0.2, 0.25) is 0 Å². The highest BCUT2D eigenvalue weighted by Crippen LogP contribution is 2.13. The second kappa shape index (κ2) is 8.53. The zero-order valence-corrected chi connectivity index (χ0v) is 11.8. The number of hydrogen-bond donors (Lipinski definition) is 1. The Labute approximate surface area is 115 Å². The minimum atomic E-state index is -0.0437. The van der Waals surface area contributed by atoms with Crippen LogP contribution in [-0.2, 0) is 11.2 Å². The summed E-state index contributed by atoms with van der Waals surface area (Å²) < 4.78 is 5.52. The number of aryl methyl sites for hydroxylation is 1. The molecule has 1 N–H and O–H groups in total. The molecule has 19 heavy (non-hydrogen) atoms. The van der Waals surface area contributed by atoms with E-state index in [1.807, 2.05) is 31.2 Å². The molecule has 1 aromatic rings. The Hall–Kier alpha value is -1.55. The molecule has 0 saturated carbocycles. The fraction of sp³-hybridized carbons (Fsp3) is 0.533. The van der Waals surface area contributed by atoms with Gasteiger partial charge >= 0.3 is 0 Å². The molecule has 0 saturated heterocycles. The smallest absolute Gasteiger partial charge is 0.260 e. The van der Waals surface area contributed by atoms with Gasteiger partial charge in [-0.15, -0.1) is 0 Å². The Morgan fingerprint density at radius 1 is 1.37 bits per heavy atom. The highest BCUT2D eigenvalue weighted by atomic mass is 16.5. The monoisotopic (exact) mass is 265 g/mol. The maximum Gasteiger partial charge on any atom is 0.260 e. The van der Waals surface area contributed by atoms with E-state index in [0.29, 0.717) is 19.5 Å². The van der Waals surface area contributed by atoms with Crippen molar-refractivity contribution >= 4 is 5.91 Å². The second-order valence-electron chi connectivity index (χ2n) is 4.34. The van der Waals surface area contributed by atoms with Crippen molar-refractivity contribution in [1.29, 1.82) is 0 Å². The number of rotatable bonds is 8. The quantitative estimate of drug-likeness (QED) is 0.780. The van der Waals surface area contributed by atoms with Gasteiger partial charge in [-0.25, -0.2) is 0 Å². The molecule has 0 spiro atoms. The third-order valence-electron chi connectivity index (χ3n) is 2.99. The van der Waals surface area contributed by atoms with Crippen molar-refractivity contribution in [2.45, 2.75) is 26.7 Å². The molecular weight excluding hydrogens is 242 g/mol. The molecule has 0 fully saturated rings. The average Bonchev–Trinajstić information content (AvgIpc) is 2.46. The number of carbonyl (C=O) groups is 1. The lowest BCUT2D eigenvalue weighted by atomic mass is 10.2. The first kappa shape index (κ1) is 15.5. The molecule has 106 valence electrons. The number of hydrogen-bond acceptors (Lipinski definition) is 3. The topological polar surface area (TPSA) is 49.8 Å². The maximum atomic E-state index is 11.9. The lowest BCUT2D eigenvalue weighted by molar-refractivity contribution is -0.133. The molecule has 0 aromatic heterocycles. The zero-order chi connectivity index (χ0) is 14.1. The van der Waals surface area contributed by atoms with Crippen molar-refractivity contribution < 1.29 is 14.6 Å². The number of aliphatic hydroxyl groups is 1. The van der Waals surface area contributed by atoms with E-state index in [1.165, 1.54) is 5.56 Å². The summed E-state index contributed by atoms with van der Waals surface area (Å²) in [5.74, 6) is 0.684. The van der Waals surface area contributed by atoms with Crippen LogP contribution in [0.15, 0.2) is 24.3 Å². The van der Waals surface area contributed by atoms with E-state index in [1.54, 1.807) is 4.90 Å². The number of amides is 1. The van der Waals surface area contributed by atoms with Gasteiger partial charge in [0.15, 0.2) is 6.61 Å². The first-order valence-electron chi connectivity index (χ1n) is 6.81. The summed E-state index contributed by atoms with van der Waals surface area (Å²) in [7, 11) is 0. The number of carbonyl (C=O) groups excluding carboxylic acids is 1. The molecule has 0 aliphatic heterocycles. The van der Waals surface area contributed by atoms with E-state index in [9.17, 15) is 4.79 Å². The number of benzene rings is 1. The highest BCUT2D eigenvalue weighted by Gasteiger charge is 2.11. The molecule has 1 aromatic carbocycles. The lowest BCUT2D eigenvalue weighted by Crippen LogP contribution is -2.35. The summed E-state index contributed by atoms with van der Waals surface area (Å²) in [6, 6.07) is 7.78. The number of ether oxygens (including phenoxy) is 1.